The number of non-ortho nitro benzene ring substituents is 1. The Balaban J connectivity index is 1.72. The lowest BCUT2D eigenvalue weighted by atomic mass is 10.2. The number of phenolic OH excluding ortho intramolecular Hbond substituents is 1. The Morgan fingerprint density at radius 1 is 1.25 bits per heavy atom. The summed E-state index contributed by atoms with van der Waals surface area (Å²) in [4.78, 5) is 14.6. The highest BCUT2D eigenvalue weighted by atomic mass is 32.1. The lowest BCUT2D eigenvalue weighted by molar-refractivity contribution is -0.384. The van der Waals surface area contributed by atoms with Crippen molar-refractivity contribution in [1.29, 1.82) is 0 Å². The van der Waals surface area contributed by atoms with Crippen LogP contribution in [0.2, 0.25) is 0 Å². The number of nitro groups is 1. The minimum atomic E-state index is -0.531. The molecule has 0 aliphatic heterocycles. The van der Waals surface area contributed by atoms with Gasteiger partial charge in [-0.25, -0.2) is 4.98 Å². The van der Waals surface area contributed by atoms with Crippen molar-refractivity contribution in [2.24, 2.45) is 5.10 Å². The lowest BCUT2D eigenvalue weighted by Crippen LogP contribution is -1.93. The zero-order valence-electron chi connectivity index (χ0n) is 12.3. The number of nitrogens with one attached hydrogen (secondary N) is 1. The highest BCUT2D eigenvalue weighted by Gasteiger charge is 2.09. The summed E-state index contributed by atoms with van der Waals surface area (Å²) in [7, 11) is 0. The second kappa shape index (κ2) is 6.88. The topological polar surface area (TPSA) is 101 Å². The monoisotopic (exact) mass is 340 g/mol. The van der Waals surface area contributed by atoms with Gasteiger partial charge in [-0.2, -0.15) is 5.10 Å². The number of aromatic nitrogens is 1. The Kier molecular flexibility index (Phi) is 4.48. The molecule has 0 saturated heterocycles. The standard InChI is InChI=1S/C16H12N4O3S/c21-15-7-6-13(20(22)23)8-12(15)9-17-19-16-18-14(10-24-16)11-4-2-1-3-5-11/h1-10,21H,(H,18,19)/b17-9-. The third-order valence-electron chi connectivity index (χ3n) is 3.16. The number of thiazole rings is 1. The molecule has 2 aromatic carbocycles. The van der Waals surface area contributed by atoms with E-state index in [1.54, 1.807) is 0 Å². The van der Waals surface area contributed by atoms with Crippen molar-refractivity contribution < 1.29 is 10.0 Å². The molecule has 2 N–H and O–H groups in total. The normalized spacial score (nSPS) is 10.8. The largest absolute Gasteiger partial charge is 0.507 e. The van der Waals surface area contributed by atoms with Gasteiger partial charge in [0.2, 0.25) is 5.13 Å². The average Bonchev–Trinajstić information content (AvgIpc) is 3.06. The molecule has 0 bridgehead atoms. The summed E-state index contributed by atoms with van der Waals surface area (Å²) < 4.78 is 0. The van der Waals surface area contributed by atoms with Crippen LogP contribution < -0.4 is 5.43 Å². The van der Waals surface area contributed by atoms with Gasteiger partial charge in [0, 0.05) is 28.6 Å². The van der Waals surface area contributed by atoms with Crippen LogP contribution in [0.5, 0.6) is 5.75 Å². The first-order valence-corrected chi connectivity index (χ1v) is 7.79. The van der Waals surface area contributed by atoms with Crippen LogP contribution in [0.3, 0.4) is 0 Å². The van der Waals surface area contributed by atoms with Crippen LogP contribution in [-0.4, -0.2) is 21.2 Å². The van der Waals surface area contributed by atoms with Gasteiger partial charge in [0.25, 0.3) is 5.69 Å². The third-order valence-corrected chi connectivity index (χ3v) is 3.91. The van der Waals surface area contributed by atoms with E-state index in [1.807, 2.05) is 35.7 Å². The molecule has 8 heteroatoms. The molecule has 7 nitrogen and oxygen atoms in total. The predicted molar refractivity (Wildman–Crippen MR) is 93.5 cm³/mol. The Morgan fingerprint density at radius 3 is 2.79 bits per heavy atom. The molecule has 0 unspecified atom stereocenters. The van der Waals surface area contributed by atoms with Crippen LogP contribution >= 0.6 is 11.3 Å². The van der Waals surface area contributed by atoms with E-state index in [-0.39, 0.29) is 17.0 Å². The SMILES string of the molecule is O=[N+]([O-])c1ccc(O)c(/C=N\Nc2nc(-c3ccccc3)cs2)c1. The molecule has 0 fully saturated rings. The first-order chi connectivity index (χ1) is 11.6. The van der Waals surface area contributed by atoms with E-state index in [2.05, 4.69) is 15.5 Å². The Morgan fingerprint density at radius 2 is 2.04 bits per heavy atom. The van der Waals surface area contributed by atoms with Gasteiger partial charge in [0.05, 0.1) is 16.8 Å². The summed E-state index contributed by atoms with van der Waals surface area (Å²) in [5.41, 5.74) is 4.72. The fourth-order valence-corrected chi connectivity index (χ4v) is 2.65. The molecule has 0 aliphatic rings. The Bertz CT molecular complexity index is 893. The van der Waals surface area contributed by atoms with Gasteiger partial charge in [0.15, 0.2) is 0 Å². The molecule has 0 spiro atoms. The fraction of sp³-hybridized carbons (Fsp3) is 0. The summed E-state index contributed by atoms with van der Waals surface area (Å²) >= 11 is 1.39. The number of benzene rings is 2. The first-order valence-electron chi connectivity index (χ1n) is 6.91. The maximum absolute atomic E-state index is 10.8. The molecule has 0 saturated carbocycles. The molecule has 3 aromatic rings. The van der Waals surface area contributed by atoms with Crippen LogP contribution in [0.1, 0.15) is 5.56 Å². The molecule has 1 heterocycles. The highest BCUT2D eigenvalue weighted by Crippen LogP contribution is 2.25. The van der Waals surface area contributed by atoms with Crippen LogP contribution in [-0.2, 0) is 0 Å². The van der Waals surface area contributed by atoms with Crippen molar-refractivity contribution in [3.8, 4) is 17.0 Å². The molecule has 24 heavy (non-hydrogen) atoms. The Labute approximate surface area is 141 Å². The number of rotatable bonds is 5. The van der Waals surface area contributed by atoms with E-state index in [4.69, 9.17) is 0 Å². The molecule has 0 atom stereocenters. The summed E-state index contributed by atoms with van der Waals surface area (Å²) in [5.74, 6) is -0.0877. The summed E-state index contributed by atoms with van der Waals surface area (Å²) in [5, 5.41) is 26.9. The van der Waals surface area contributed by atoms with E-state index in [0.29, 0.717) is 5.13 Å². The van der Waals surface area contributed by atoms with Crippen molar-refractivity contribution in [1.82, 2.24) is 4.98 Å². The smallest absolute Gasteiger partial charge is 0.270 e. The molecule has 1 aromatic heterocycles. The number of hydrogen-bond donors (Lipinski definition) is 2. The van der Waals surface area contributed by atoms with Gasteiger partial charge in [-0.15, -0.1) is 11.3 Å². The van der Waals surface area contributed by atoms with E-state index >= 15 is 0 Å². The second-order valence-corrected chi connectivity index (χ2v) is 5.63. The summed E-state index contributed by atoms with van der Waals surface area (Å²) in [6.07, 6.45) is 1.31. The quantitative estimate of drug-likeness (QED) is 0.417. The van der Waals surface area contributed by atoms with Crippen LogP contribution in [0, 0.1) is 10.1 Å². The van der Waals surface area contributed by atoms with Crippen molar-refractivity contribution in [2.45, 2.75) is 0 Å². The van der Waals surface area contributed by atoms with Gasteiger partial charge < -0.3 is 5.11 Å². The van der Waals surface area contributed by atoms with E-state index in [9.17, 15) is 15.2 Å². The molecule has 0 radical (unpaired) electrons. The van der Waals surface area contributed by atoms with Crippen LogP contribution in [0.25, 0.3) is 11.3 Å². The summed E-state index contributed by atoms with van der Waals surface area (Å²) in [6, 6.07) is 13.5. The van der Waals surface area contributed by atoms with Gasteiger partial charge in [-0.1, -0.05) is 30.3 Å². The van der Waals surface area contributed by atoms with Crippen molar-refractivity contribution >= 4 is 28.4 Å². The number of aromatic hydroxyl groups is 1. The van der Waals surface area contributed by atoms with Gasteiger partial charge >= 0.3 is 0 Å². The molecular weight excluding hydrogens is 328 g/mol. The van der Waals surface area contributed by atoms with E-state index in [0.717, 1.165) is 11.3 Å². The maximum atomic E-state index is 10.8. The van der Waals surface area contributed by atoms with Crippen LogP contribution in [0.4, 0.5) is 10.8 Å². The van der Waals surface area contributed by atoms with Crippen molar-refractivity contribution in [3.63, 3.8) is 0 Å². The summed E-state index contributed by atoms with van der Waals surface area (Å²) in [6.45, 7) is 0. The van der Waals surface area contributed by atoms with E-state index < -0.39 is 4.92 Å². The number of phenols is 1. The van der Waals surface area contributed by atoms with E-state index in [1.165, 1.54) is 35.8 Å². The van der Waals surface area contributed by atoms with Crippen LogP contribution in [0.15, 0.2) is 59.0 Å². The lowest BCUT2D eigenvalue weighted by Gasteiger charge is -1.99. The van der Waals surface area contributed by atoms with Gasteiger partial charge in [-0.3, -0.25) is 15.5 Å². The highest BCUT2D eigenvalue weighted by molar-refractivity contribution is 7.14. The molecule has 120 valence electrons. The number of nitrogens with zero attached hydrogens (tertiary/aromatic N) is 3. The molecule has 3 rings (SSSR count). The molecule has 0 amide bonds. The second-order valence-electron chi connectivity index (χ2n) is 4.77. The molecular formula is C16H12N4O3S. The number of hydrogen-bond acceptors (Lipinski definition) is 7. The maximum Gasteiger partial charge on any atom is 0.270 e. The average molecular weight is 340 g/mol. The van der Waals surface area contributed by atoms with Crippen molar-refractivity contribution in [3.05, 3.63) is 69.6 Å². The minimum absolute atomic E-state index is 0.0877. The molecule has 0 aliphatic carbocycles. The Hall–Kier alpha value is -3.26. The zero-order chi connectivity index (χ0) is 16.9. The third kappa shape index (κ3) is 3.55. The number of anilines is 1. The van der Waals surface area contributed by atoms with Crippen molar-refractivity contribution in [2.75, 3.05) is 5.43 Å². The van der Waals surface area contributed by atoms with Gasteiger partial charge in [-0.05, 0) is 6.07 Å². The zero-order valence-corrected chi connectivity index (χ0v) is 13.1. The predicted octanol–water partition coefficient (Wildman–Crippen LogP) is 3.87. The fourth-order valence-electron chi connectivity index (χ4n) is 1.98. The van der Waals surface area contributed by atoms with Gasteiger partial charge in [0.1, 0.15) is 5.75 Å². The number of nitro benzene ring substituents is 1. The number of hydrazone groups is 1. The minimum Gasteiger partial charge on any atom is -0.507 e. The first kappa shape index (κ1) is 15.6.